The number of aryl methyl sites for hydroxylation is 2. The first-order chi connectivity index (χ1) is 11.7. The summed E-state index contributed by atoms with van der Waals surface area (Å²) in [6.07, 6.45) is 0. The molecular weight excluding hydrogens is 398 g/mol. The Kier molecular flexibility index (Phi) is 8.25. The van der Waals surface area contributed by atoms with Crippen molar-refractivity contribution >= 4 is 63.7 Å². The monoisotopic (exact) mass is 413 g/mol. The van der Waals surface area contributed by atoms with Crippen LogP contribution in [0, 0.1) is 25.2 Å². The minimum atomic E-state index is -0.422. The molecule has 9 heteroatoms. The fourth-order valence-electron chi connectivity index (χ4n) is 1.69. The third kappa shape index (κ3) is 5.64. The van der Waals surface area contributed by atoms with Gasteiger partial charge in [-0.15, -0.1) is 35.3 Å². The summed E-state index contributed by atoms with van der Waals surface area (Å²) < 4.78 is 9.40. The highest BCUT2D eigenvalue weighted by molar-refractivity contribution is 7.97. The first kappa shape index (κ1) is 21.3. The van der Waals surface area contributed by atoms with E-state index < -0.39 is 5.97 Å². The van der Waals surface area contributed by atoms with Gasteiger partial charge in [-0.05, 0) is 38.2 Å². The number of carbonyl (C=O) groups is 2. The van der Waals surface area contributed by atoms with E-state index >= 15 is 0 Å². The van der Waals surface area contributed by atoms with Crippen molar-refractivity contribution in [2.75, 3.05) is 14.2 Å². The van der Waals surface area contributed by atoms with E-state index in [1.54, 1.807) is 13.0 Å². The smallest absolute Gasteiger partial charge is 0.348 e. The lowest BCUT2D eigenvalue weighted by Gasteiger charge is -1.94. The zero-order valence-corrected chi connectivity index (χ0v) is 17.3. The van der Waals surface area contributed by atoms with Crippen molar-refractivity contribution in [1.82, 2.24) is 0 Å². The van der Waals surface area contributed by atoms with Crippen molar-refractivity contribution < 1.29 is 19.1 Å². The summed E-state index contributed by atoms with van der Waals surface area (Å²) in [5.74, 6) is -0.422. The van der Waals surface area contributed by atoms with Crippen LogP contribution in [0.3, 0.4) is 0 Å². The van der Waals surface area contributed by atoms with E-state index in [1.807, 2.05) is 6.92 Å². The minimum Gasteiger partial charge on any atom is -0.486 e. The number of thiophene rings is 2. The van der Waals surface area contributed by atoms with Crippen LogP contribution in [0.25, 0.3) is 0 Å². The van der Waals surface area contributed by atoms with E-state index in [0.29, 0.717) is 21.1 Å². The van der Waals surface area contributed by atoms with Gasteiger partial charge < -0.3 is 9.47 Å². The number of ether oxygens (including phenoxy) is 2. The van der Waals surface area contributed by atoms with Crippen LogP contribution in [0.15, 0.2) is 12.1 Å². The summed E-state index contributed by atoms with van der Waals surface area (Å²) in [5.41, 5.74) is 1.14. The van der Waals surface area contributed by atoms with Gasteiger partial charge in [-0.2, -0.15) is 5.26 Å². The van der Waals surface area contributed by atoms with E-state index in [4.69, 9.17) is 22.2 Å². The van der Waals surface area contributed by atoms with Gasteiger partial charge in [0.2, 0.25) is 10.2 Å². The van der Waals surface area contributed by atoms with Crippen LogP contribution in [0.1, 0.15) is 40.2 Å². The molecule has 0 aliphatic rings. The van der Waals surface area contributed by atoms with Gasteiger partial charge in [0.25, 0.3) is 0 Å². The van der Waals surface area contributed by atoms with Crippen molar-refractivity contribution in [3.63, 3.8) is 0 Å². The molecule has 0 atom stereocenters. The zero-order valence-electron chi connectivity index (χ0n) is 13.9. The maximum Gasteiger partial charge on any atom is 0.348 e. The highest BCUT2D eigenvalue weighted by Gasteiger charge is 2.15. The maximum atomic E-state index is 11.1. The van der Waals surface area contributed by atoms with Crippen LogP contribution >= 0.6 is 47.5 Å². The molecule has 0 bridgehead atoms. The summed E-state index contributed by atoms with van der Waals surface area (Å²) in [7, 11) is 2.84. The number of rotatable bonds is 3. The first-order valence-electron chi connectivity index (χ1n) is 6.76. The lowest BCUT2D eigenvalue weighted by molar-refractivity contribution is 0.0606. The van der Waals surface area contributed by atoms with E-state index in [9.17, 15) is 9.59 Å². The quantitative estimate of drug-likeness (QED) is 0.462. The Morgan fingerprint density at radius 2 is 1.72 bits per heavy atom. The topological polar surface area (TPSA) is 76.4 Å². The Morgan fingerprint density at radius 1 is 1.12 bits per heavy atom. The molecule has 2 aromatic rings. The number of esters is 1. The third-order valence-electron chi connectivity index (χ3n) is 2.96. The second kappa shape index (κ2) is 9.68. The van der Waals surface area contributed by atoms with Crippen molar-refractivity contribution in [3.05, 3.63) is 42.8 Å². The summed E-state index contributed by atoms with van der Waals surface area (Å²) in [4.78, 5) is 25.0. The molecule has 0 spiro atoms. The lowest BCUT2D eigenvalue weighted by atomic mass is 10.3. The number of nitrogens with zero attached hydrogens (tertiary/aromatic N) is 1. The molecule has 5 nitrogen and oxygen atoms in total. The second-order valence-electron chi connectivity index (χ2n) is 4.56. The molecule has 0 amide bonds. The summed E-state index contributed by atoms with van der Waals surface area (Å²) in [6, 6.07) is 5.35. The number of carbonyl (C=O) groups excluding carboxylic acids is 2. The predicted octanol–water partition coefficient (Wildman–Crippen LogP) is 4.16. The Bertz CT molecular complexity index is 845. The normalized spacial score (nSPS) is 9.44. The van der Waals surface area contributed by atoms with Gasteiger partial charge in [-0.3, -0.25) is 4.79 Å². The van der Waals surface area contributed by atoms with Gasteiger partial charge >= 0.3 is 5.97 Å². The van der Waals surface area contributed by atoms with Gasteiger partial charge in [0.1, 0.15) is 10.9 Å². The predicted molar refractivity (Wildman–Crippen MR) is 106 cm³/mol. The number of methoxy groups -OCH3 is 2. The highest BCUT2D eigenvalue weighted by Crippen LogP contribution is 2.23. The van der Waals surface area contributed by atoms with E-state index in [2.05, 4.69) is 23.4 Å². The Balaban J connectivity index is 0.000000251. The number of thiocarbonyl (C=S) groups is 1. The average molecular weight is 414 g/mol. The van der Waals surface area contributed by atoms with Crippen molar-refractivity contribution in [2.45, 2.75) is 13.8 Å². The SMILES string of the molecule is COC(=O)c1cc(C(=O)S)c(C)s1.COC(=S)c1cc(C#N)c(C)s1. The molecule has 2 heterocycles. The third-order valence-corrected chi connectivity index (χ3v) is 5.80. The standard InChI is InChI=1S/C8H7NOS2.C8H8O3S2/c1-5-6(4-9)3-7(12-5)8(11)10-2;1-4-5(8(10)12)3-6(13-4)7(9)11-2/h3H,1-2H3;3H,1-2H3,(H,10,12). The summed E-state index contributed by atoms with van der Waals surface area (Å²) >= 11 is 11.3. The summed E-state index contributed by atoms with van der Waals surface area (Å²) in [6.45, 7) is 3.66. The Hall–Kier alpha value is -1.73. The molecule has 0 unspecified atom stereocenters. The largest absolute Gasteiger partial charge is 0.486 e. The van der Waals surface area contributed by atoms with Gasteiger partial charge in [-0.25, -0.2) is 4.79 Å². The number of thiol groups is 1. The van der Waals surface area contributed by atoms with Crippen LogP contribution in [0.5, 0.6) is 0 Å². The number of hydrogen-bond acceptors (Lipinski definition) is 8. The molecule has 2 rings (SSSR count). The first-order valence-corrected chi connectivity index (χ1v) is 9.24. The molecule has 0 aliphatic carbocycles. The summed E-state index contributed by atoms with van der Waals surface area (Å²) in [5, 5.41) is 8.78. The van der Waals surface area contributed by atoms with Crippen molar-refractivity contribution in [3.8, 4) is 6.07 Å². The van der Waals surface area contributed by atoms with Crippen LogP contribution in [-0.2, 0) is 9.47 Å². The van der Waals surface area contributed by atoms with E-state index in [1.165, 1.54) is 43.0 Å². The molecule has 132 valence electrons. The average Bonchev–Trinajstić information content (AvgIpc) is 3.16. The lowest BCUT2D eigenvalue weighted by Crippen LogP contribution is -1.97. The van der Waals surface area contributed by atoms with E-state index in [0.717, 1.165) is 14.6 Å². The van der Waals surface area contributed by atoms with Crippen LogP contribution < -0.4 is 0 Å². The van der Waals surface area contributed by atoms with Crippen LogP contribution in [-0.4, -0.2) is 30.4 Å². The Morgan fingerprint density at radius 3 is 2.12 bits per heavy atom. The van der Waals surface area contributed by atoms with Gasteiger partial charge in [0.15, 0.2) is 0 Å². The molecule has 25 heavy (non-hydrogen) atoms. The van der Waals surface area contributed by atoms with Gasteiger partial charge in [0, 0.05) is 15.3 Å². The fraction of sp³-hybridized carbons (Fsp3) is 0.250. The van der Waals surface area contributed by atoms with Gasteiger partial charge in [-0.1, -0.05) is 0 Å². The minimum absolute atomic E-state index is 0.330. The second-order valence-corrected chi connectivity index (χ2v) is 7.85. The molecule has 0 N–H and O–H groups in total. The molecule has 0 saturated heterocycles. The molecule has 0 fully saturated rings. The van der Waals surface area contributed by atoms with Gasteiger partial charge in [0.05, 0.1) is 24.7 Å². The van der Waals surface area contributed by atoms with Crippen LogP contribution in [0.4, 0.5) is 0 Å². The maximum absolute atomic E-state index is 11.1. The number of nitriles is 1. The Labute approximate surface area is 164 Å². The van der Waals surface area contributed by atoms with Crippen molar-refractivity contribution in [2.24, 2.45) is 0 Å². The molecule has 0 aromatic carbocycles. The van der Waals surface area contributed by atoms with E-state index in [-0.39, 0.29) is 5.12 Å². The molecule has 0 aliphatic heterocycles. The van der Waals surface area contributed by atoms with Crippen LogP contribution in [0.2, 0.25) is 0 Å². The molecule has 0 radical (unpaired) electrons. The highest BCUT2D eigenvalue weighted by atomic mass is 32.1. The van der Waals surface area contributed by atoms with Crippen molar-refractivity contribution in [1.29, 1.82) is 5.26 Å². The molecule has 2 aromatic heterocycles. The fourth-order valence-corrected chi connectivity index (χ4v) is 4.00. The molecular formula is C16H15NO4S4. The number of hydrogen-bond donors (Lipinski definition) is 1. The zero-order chi connectivity index (χ0) is 19.1. The molecule has 0 saturated carbocycles.